The van der Waals surface area contributed by atoms with Crippen LogP contribution >= 0.6 is 23.2 Å². The van der Waals surface area contributed by atoms with Crippen LogP contribution in [0.4, 0.5) is 10.5 Å². The number of halogens is 2. The molecule has 0 atom stereocenters. The number of rotatable bonds is 8. The zero-order valence-electron chi connectivity index (χ0n) is 13.9. The number of carbonyl (C=O) groups is 4. The Morgan fingerprint density at radius 2 is 1.88 bits per heavy atom. The number of likely N-dealkylation sites (N-methyl/N-ethyl adjacent to an activating group) is 1. The van der Waals surface area contributed by atoms with Crippen LogP contribution < -0.4 is 16.4 Å². The number of esters is 1. The molecule has 0 heterocycles. The molecule has 0 unspecified atom stereocenters. The lowest BCUT2D eigenvalue weighted by atomic mass is 10.3. The summed E-state index contributed by atoms with van der Waals surface area (Å²) in [6.45, 7) is -0.768. The largest absolute Gasteiger partial charge is 0.456 e. The minimum atomic E-state index is -0.762. The Bertz CT molecular complexity index is 699. The molecule has 0 saturated heterocycles. The van der Waals surface area contributed by atoms with Crippen LogP contribution in [-0.4, -0.2) is 55.5 Å². The summed E-state index contributed by atoms with van der Waals surface area (Å²) >= 11 is 11.6. The summed E-state index contributed by atoms with van der Waals surface area (Å²) in [7, 11) is 1.39. The van der Waals surface area contributed by atoms with Gasteiger partial charge in [-0.05, 0) is 18.2 Å². The van der Waals surface area contributed by atoms with Gasteiger partial charge in [0.15, 0.2) is 6.61 Å². The lowest BCUT2D eigenvalue weighted by molar-refractivity contribution is -0.151. The summed E-state index contributed by atoms with van der Waals surface area (Å²) in [6.07, 6.45) is -0.127. The smallest absolute Gasteiger partial charge is 0.312 e. The van der Waals surface area contributed by atoms with E-state index in [0.717, 1.165) is 4.90 Å². The maximum Gasteiger partial charge on any atom is 0.312 e. The van der Waals surface area contributed by atoms with Gasteiger partial charge in [-0.1, -0.05) is 23.2 Å². The quantitative estimate of drug-likeness (QED) is 0.556. The van der Waals surface area contributed by atoms with Gasteiger partial charge in [-0.3, -0.25) is 14.4 Å². The minimum Gasteiger partial charge on any atom is -0.456 e. The molecule has 0 saturated carbocycles. The Labute approximate surface area is 159 Å². The first-order valence-corrected chi connectivity index (χ1v) is 8.12. The third-order valence-electron chi connectivity index (χ3n) is 2.99. The van der Waals surface area contributed by atoms with Crippen LogP contribution in [0, 0.1) is 0 Å². The van der Waals surface area contributed by atoms with Gasteiger partial charge < -0.3 is 26.0 Å². The van der Waals surface area contributed by atoms with E-state index in [4.69, 9.17) is 33.7 Å². The van der Waals surface area contributed by atoms with E-state index in [-0.39, 0.29) is 24.5 Å². The monoisotopic (exact) mass is 404 g/mol. The number of amides is 4. The first kappa shape index (κ1) is 21.5. The van der Waals surface area contributed by atoms with Crippen LogP contribution in [0.5, 0.6) is 0 Å². The molecule has 0 aliphatic heterocycles. The molecular weight excluding hydrogens is 387 g/mol. The molecule has 9 nitrogen and oxygen atoms in total. The number of hydrogen-bond donors (Lipinski definition) is 3. The minimum absolute atomic E-state index is 0.00422. The number of nitrogens with zero attached hydrogens (tertiary/aromatic N) is 1. The van der Waals surface area contributed by atoms with Crippen LogP contribution in [-0.2, 0) is 19.1 Å². The Kier molecular flexibility index (Phi) is 8.66. The van der Waals surface area contributed by atoms with Crippen molar-refractivity contribution in [2.45, 2.75) is 6.42 Å². The Morgan fingerprint density at radius 3 is 2.50 bits per heavy atom. The van der Waals surface area contributed by atoms with Gasteiger partial charge in [0.25, 0.3) is 5.91 Å². The lowest BCUT2D eigenvalue weighted by Gasteiger charge is -2.17. The van der Waals surface area contributed by atoms with Crippen molar-refractivity contribution in [2.75, 3.05) is 32.1 Å². The molecule has 1 aromatic rings. The molecule has 11 heteroatoms. The molecule has 4 N–H and O–H groups in total. The maximum atomic E-state index is 11.9. The van der Waals surface area contributed by atoms with Crippen molar-refractivity contribution < 1.29 is 23.9 Å². The van der Waals surface area contributed by atoms with Gasteiger partial charge in [-0.2, -0.15) is 0 Å². The summed E-state index contributed by atoms with van der Waals surface area (Å²) in [5, 5.41) is 5.41. The summed E-state index contributed by atoms with van der Waals surface area (Å²) in [5.74, 6) is -1.71. The van der Waals surface area contributed by atoms with E-state index >= 15 is 0 Å². The second-order valence-electron chi connectivity index (χ2n) is 5.13. The molecular formula is C15H18Cl2N4O5. The fourth-order valence-electron chi connectivity index (χ4n) is 1.69. The number of benzene rings is 1. The second-order valence-corrected chi connectivity index (χ2v) is 5.94. The number of hydrogen-bond acceptors (Lipinski definition) is 5. The first-order chi connectivity index (χ1) is 12.2. The number of nitrogens with one attached hydrogen (secondary N) is 2. The fraction of sp³-hybridized carbons (Fsp3) is 0.333. The summed E-state index contributed by atoms with van der Waals surface area (Å²) in [6, 6.07) is 3.81. The highest BCUT2D eigenvalue weighted by Gasteiger charge is 2.15. The van der Waals surface area contributed by atoms with Crippen molar-refractivity contribution in [3.63, 3.8) is 0 Å². The van der Waals surface area contributed by atoms with E-state index in [1.54, 1.807) is 6.07 Å². The lowest BCUT2D eigenvalue weighted by Crippen LogP contribution is -2.37. The van der Waals surface area contributed by atoms with Crippen LogP contribution in [0.1, 0.15) is 6.42 Å². The van der Waals surface area contributed by atoms with Crippen LogP contribution in [0.3, 0.4) is 0 Å². The van der Waals surface area contributed by atoms with E-state index < -0.39 is 30.4 Å². The van der Waals surface area contributed by atoms with Crippen molar-refractivity contribution in [3.05, 3.63) is 28.2 Å². The average molecular weight is 405 g/mol. The van der Waals surface area contributed by atoms with E-state index in [1.165, 1.54) is 19.2 Å². The zero-order valence-corrected chi connectivity index (χ0v) is 15.4. The molecule has 0 bridgehead atoms. The van der Waals surface area contributed by atoms with Crippen molar-refractivity contribution in [2.24, 2.45) is 5.73 Å². The number of ether oxygens (including phenoxy) is 1. The van der Waals surface area contributed by atoms with Crippen molar-refractivity contribution in [1.82, 2.24) is 10.2 Å². The molecule has 0 spiro atoms. The van der Waals surface area contributed by atoms with E-state index in [1.807, 2.05) is 0 Å². The molecule has 142 valence electrons. The van der Waals surface area contributed by atoms with E-state index in [2.05, 4.69) is 10.6 Å². The van der Waals surface area contributed by atoms with Crippen molar-refractivity contribution in [3.8, 4) is 0 Å². The molecule has 0 fully saturated rings. The number of nitrogens with two attached hydrogens (primary N) is 1. The molecule has 4 amide bonds. The highest BCUT2D eigenvalue weighted by Crippen LogP contribution is 2.24. The van der Waals surface area contributed by atoms with Crippen LogP contribution in [0.15, 0.2) is 18.2 Å². The summed E-state index contributed by atoms with van der Waals surface area (Å²) in [4.78, 5) is 46.7. The highest BCUT2D eigenvalue weighted by molar-refractivity contribution is 6.42. The predicted molar refractivity (Wildman–Crippen MR) is 95.9 cm³/mol. The Hall–Kier alpha value is -2.52. The molecule has 26 heavy (non-hydrogen) atoms. The van der Waals surface area contributed by atoms with Gasteiger partial charge in [-0.15, -0.1) is 0 Å². The average Bonchev–Trinajstić information content (AvgIpc) is 2.55. The molecule has 1 rings (SSSR count). The highest BCUT2D eigenvalue weighted by atomic mass is 35.5. The fourth-order valence-corrected chi connectivity index (χ4v) is 1.99. The number of urea groups is 1. The normalized spacial score (nSPS) is 9.96. The standard InChI is InChI=1S/C15H18Cl2N4O5/c1-21(13(23)8-26-14(24)4-5-19-15(18)25)7-12(22)20-9-2-3-10(16)11(17)6-9/h2-3,6H,4-5,7-8H2,1H3,(H,20,22)(H3,18,19,25). The van der Waals surface area contributed by atoms with E-state index in [9.17, 15) is 19.2 Å². The van der Waals surface area contributed by atoms with Gasteiger partial charge in [0.1, 0.15) is 0 Å². The SMILES string of the molecule is CN(CC(=O)Nc1ccc(Cl)c(Cl)c1)C(=O)COC(=O)CCNC(N)=O. The van der Waals surface area contributed by atoms with E-state index in [0.29, 0.717) is 10.7 Å². The van der Waals surface area contributed by atoms with Gasteiger partial charge in [0.2, 0.25) is 5.91 Å². The van der Waals surface area contributed by atoms with Gasteiger partial charge in [-0.25, -0.2) is 4.79 Å². The third kappa shape index (κ3) is 8.04. The number of anilines is 1. The van der Waals surface area contributed by atoms with Gasteiger partial charge in [0, 0.05) is 19.3 Å². The molecule has 0 radical (unpaired) electrons. The zero-order chi connectivity index (χ0) is 19.7. The van der Waals surface area contributed by atoms with Crippen molar-refractivity contribution >= 4 is 52.7 Å². The molecule has 1 aromatic carbocycles. The predicted octanol–water partition coefficient (Wildman–Crippen LogP) is 0.992. The summed E-state index contributed by atoms with van der Waals surface area (Å²) in [5.41, 5.74) is 5.27. The maximum absolute atomic E-state index is 11.9. The number of primary amides is 1. The Balaban J connectivity index is 2.36. The van der Waals surface area contributed by atoms with Gasteiger partial charge in [0.05, 0.1) is 23.0 Å². The van der Waals surface area contributed by atoms with Crippen LogP contribution in [0.2, 0.25) is 10.0 Å². The first-order valence-electron chi connectivity index (χ1n) is 7.37. The molecule has 0 aromatic heterocycles. The van der Waals surface area contributed by atoms with Crippen molar-refractivity contribution in [1.29, 1.82) is 0 Å². The third-order valence-corrected chi connectivity index (χ3v) is 3.73. The number of carbonyl (C=O) groups excluding carboxylic acids is 4. The Morgan fingerprint density at radius 1 is 1.19 bits per heavy atom. The van der Waals surface area contributed by atoms with Gasteiger partial charge >= 0.3 is 12.0 Å². The topological polar surface area (TPSA) is 131 Å². The van der Waals surface area contributed by atoms with Crippen LogP contribution in [0.25, 0.3) is 0 Å². The molecule has 0 aliphatic carbocycles. The summed E-state index contributed by atoms with van der Waals surface area (Å²) < 4.78 is 4.75. The second kappa shape index (κ2) is 10.5. The molecule has 0 aliphatic rings.